The maximum absolute atomic E-state index is 12.6. The minimum Gasteiger partial charge on any atom is -0.493 e. The molecule has 8 nitrogen and oxygen atoms in total. The second-order valence-electron chi connectivity index (χ2n) is 6.95. The highest BCUT2D eigenvalue weighted by molar-refractivity contribution is 6.02. The molecule has 8 heteroatoms. The van der Waals surface area contributed by atoms with Crippen molar-refractivity contribution in [1.82, 2.24) is 4.90 Å². The Morgan fingerprint density at radius 1 is 0.939 bits per heavy atom. The van der Waals surface area contributed by atoms with Crippen LogP contribution in [0.15, 0.2) is 59.7 Å². The standard InChI is InChI=1S/C25H21N3O5/c1-31-23-15-19(14-20(16-26)24(29)28-9-11-32-12-10-28)7-8-22(23)33-25(30)21(17-27)13-18-5-3-2-4-6-18/h2-8,13-15H,9-12H2,1H3/b20-14+,21-13+. The summed E-state index contributed by atoms with van der Waals surface area (Å²) in [6.45, 7) is 1.71. The predicted molar refractivity (Wildman–Crippen MR) is 120 cm³/mol. The lowest BCUT2D eigenvalue weighted by atomic mass is 10.1. The number of carbonyl (C=O) groups is 2. The number of amides is 1. The number of ether oxygens (including phenoxy) is 3. The molecule has 0 bridgehead atoms. The van der Waals surface area contributed by atoms with Crippen LogP contribution in [0.4, 0.5) is 0 Å². The lowest BCUT2D eigenvalue weighted by Crippen LogP contribution is -2.41. The van der Waals surface area contributed by atoms with Crippen LogP contribution in [-0.2, 0) is 14.3 Å². The summed E-state index contributed by atoms with van der Waals surface area (Å²) in [4.78, 5) is 26.7. The summed E-state index contributed by atoms with van der Waals surface area (Å²) in [6, 6.07) is 17.3. The van der Waals surface area contributed by atoms with Crippen molar-refractivity contribution in [3.05, 3.63) is 70.8 Å². The lowest BCUT2D eigenvalue weighted by Gasteiger charge is -2.26. The van der Waals surface area contributed by atoms with Gasteiger partial charge >= 0.3 is 5.97 Å². The van der Waals surface area contributed by atoms with Crippen molar-refractivity contribution in [2.75, 3.05) is 33.4 Å². The lowest BCUT2D eigenvalue weighted by molar-refractivity contribution is -0.131. The fourth-order valence-corrected chi connectivity index (χ4v) is 3.11. The average molecular weight is 443 g/mol. The maximum Gasteiger partial charge on any atom is 0.354 e. The molecule has 0 saturated carbocycles. The summed E-state index contributed by atoms with van der Waals surface area (Å²) in [5.41, 5.74) is 1.01. The molecule has 1 saturated heterocycles. The third-order valence-electron chi connectivity index (χ3n) is 4.80. The zero-order valence-corrected chi connectivity index (χ0v) is 18.0. The number of esters is 1. The smallest absolute Gasteiger partial charge is 0.354 e. The van der Waals surface area contributed by atoms with Gasteiger partial charge in [0.15, 0.2) is 11.5 Å². The summed E-state index contributed by atoms with van der Waals surface area (Å²) < 4.78 is 15.9. The number of benzene rings is 2. The fraction of sp³-hybridized carbons (Fsp3) is 0.200. The van der Waals surface area contributed by atoms with Gasteiger partial charge in [0.1, 0.15) is 23.3 Å². The molecule has 3 rings (SSSR count). The van der Waals surface area contributed by atoms with E-state index in [-0.39, 0.29) is 28.6 Å². The number of hydrogen-bond donors (Lipinski definition) is 0. The molecule has 2 aromatic carbocycles. The van der Waals surface area contributed by atoms with Gasteiger partial charge in [0.2, 0.25) is 0 Å². The first kappa shape index (κ1) is 23.3. The average Bonchev–Trinajstić information content (AvgIpc) is 2.87. The van der Waals surface area contributed by atoms with Crippen LogP contribution in [0.1, 0.15) is 11.1 Å². The summed E-state index contributed by atoms with van der Waals surface area (Å²) in [6.07, 6.45) is 2.88. The Labute approximate surface area is 191 Å². The van der Waals surface area contributed by atoms with Crippen molar-refractivity contribution >= 4 is 24.0 Å². The Morgan fingerprint density at radius 3 is 2.24 bits per heavy atom. The molecule has 1 heterocycles. The minimum absolute atomic E-state index is 0.0266. The molecule has 0 atom stereocenters. The fourth-order valence-electron chi connectivity index (χ4n) is 3.11. The van der Waals surface area contributed by atoms with Crippen molar-refractivity contribution in [3.8, 4) is 23.6 Å². The number of nitrogens with zero attached hydrogens (tertiary/aromatic N) is 3. The Kier molecular flexibility index (Phi) is 7.96. The molecule has 0 aromatic heterocycles. The third kappa shape index (κ3) is 6.07. The van der Waals surface area contributed by atoms with Gasteiger partial charge < -0.3 is 19.1 Å². The Balaban J connectivity index is 1.80. The van der Waals surface area contributed by atoms with Gasteiger partial charge in [-0.05, 0) is 35.4 Å². The number of hydrogen-bond acceptors (Lipinski definition) is 7. The molecule has 33 heavy (non-hydrogen) atoms. The molecule has 2 aromatic rings. The van der Waals surface area contributed by atoms with Gasteiger partial charge in [-0.1, -0.05) is 36.4 Å². The summed E-state index contributed by atoms with van der Waals surface area (Å²) >= 11 is 0. The van der Waals surface area contributed by atoms with E-state index in [1.807, 2.05) is 18.2 Å². The van der Waals surface area contributed by atoms with Crippen LogP contribution < -0.4 is 9.47 Å². The molecular formula is C25H21N3O5. The van der Waals surface area contributed by atoms with Gasteiger partial charge in [0, 0.05) is 13.1 Å². The van der Waals surface area contributed by atoms with E-state index in [1.165, 1.54) is 25.3 Å². The van der Waals surface area contributed by atoms with Gasteiger partial charge in [0.05, 0.1) is 20.3 Å². The van der Waals surface area contributed by atoms with E-state index in [0.29, 0.717) is 37.4 Å². The number of carbonyl (C=O) groups excluding carboxylic acids is 2. The molecular weight excluding hydrogens is 422 g/mol. The van der Waals surface area contributed by atoms with E-state index in [4.69, 9.17) is 14.2 Å². The SMILES string of the molecule is COc1cc(/C=C(\C#N)C(=O)N2CCOCC2)ccc1OC(=O)/C(C#N)=C/c1ccccc1. The monoisotopic (exact) mass is 443 g/mol. The van der Waals surface area contributed by atoms with Crippen LogP contribution in [0.3, 0.4) is 0 Å². The highest BCUT2D eigenvalue weighted by Crippen LogP contribution is 2.30. The van der Waals surface area contributed by atoms with Gasteiger partial charge in [-0.15, -0.1) is 0 Å². The van der Waals surface area contributed by atoms with E-state index in [0.717, 1.165) is 0 Å². The molecule has 0 unspecified atom stereocenters. The van der Waals surface area contributed by atoms with E-state index < -0.39 is 5.97 Å². The van der Waals surface area contributed by atoms with E-state index in [1.54, 1.807) is 41.3 Å². The van der Waals surface area contributed by atoms with Crippen molar-refractivity contribution in [1.29, 1.82) is 10.5 Å². The second-order valence-corrected chi connectivity index (χ2v) is 6.95. The molecule has 1 fully saturated rings. The molecule has 0 radical (unpaired) electrons. The number of nitriles is 2. The first-order chi connectivity index (χ1) is 16.0. The molecule has 1 aliphatic rings. The molecule has 1 aliphatic heterocycles. The van der Waals surface area contributed by atoms with Crippen molar-refractivity contribution in [2.45, 2.75) is 0 Å². The molecule has 0 spiro atoms. The Hall–Kier alpha value is -4.40. The number of morpholine rings is 1. The van der Waals surface area contributed by atoms with Crippen LogP contribution in [0, 0.1) is 22.7 Å². The van der Waals surface area contributed by atoms with E-state index >= 15 is 0 Å². The molecule has 0 aliphatic carbocycles. The van der Waals surface area contributed by atoms with Gasteiger partial charge in [-0.2, -0.15) is 10.5 Å². The molecule has 166 valence electrons. The highest BCUT2D eigenvalue weighted by atomic mass is 16.6. The van der Waals surface area contributed by atoms with Crippen LogP contribution in [-0.4, -0.2) is 50.2 Å². The Bertz CT molecular complexity index is 1170. The van der Waals surface area contributed by atoms with Gasteiger partial charge in [-0.3, -0.25) is 4.79 Å². The Morgan fingerprint density at radius 2 is 1.61 bits per heavy atom. The van der Waals surface area contributed by atoms with Crippen LogP contribution in [0.5, 0.6) is 11.5 Å². The minimum atomic E-state index is -0.830. The first-order valence-corrected chi connectivity index (χ1v) is 10.1. The van der Waals surface area contributed by atoms with Gasteiger partial charge in [0.25, 0.3) is 5.91 Å². The summed E-state index contributed by atoms with van der Waals surface area (Å²) in [7, 11) is 1.40. The van der Waals surface area contributed by atoms with Gasteiger partial charge in [-0.25, -0.2) is 4.79 Å². The van der Waals surface area contributed by atoms with Crippen LogP contribution in [0.25, 0.3) is 12.2 Å². The second kappa shape index (κ2) is 11.3. The number of methoxy groups -OCH3 is 1. The largest absolute Gasteiger partial charge is 0.493 e. The molecule has 1 amide bonds. The summed E-state index contributed by atoms with van der Waals surface area (Å²) in [5, 5.41) is 18.8. The van der Waals surface area contributed by atoms with E-state index in [2.05, 4.69) is 0 Å². The zero-order chi connectivity index (χ0) is 23.6. The van der Waals surface area contributed by atoms with Crippen LogP contribution in [0.2, 0.25) is 0 Å². The van der Waals surface area contributed by atoms with Crippen molar-refractivity contribution in [2.24, 2.45) is 0 Å². The topological polar surface area (TPSA) is 113 Å². The highest BCUT2D eigenvalue weighted by Gasteiger charge is 2.21. The van der Waals surface area contributed by atoms with Crippen molar-refractivity contribution < 1.29 is 23.8 Å². The normalized spacial score (nSPS) is 14.1. The first-order valence-electron chi connectivity index (χ1n) is 10.1. The number of rotatable bonds is 6. The summed E-state index contributed by atoms with van der Waals surface area (Å²) in [5.74, 6) is -0.889. The van der Waals surface area contributed by atoms with Crippen molar-refractivity contribution in [3.63, 3.8) is 0 Å². The molecule has 0 N–H and O–H groups in total. The quantitative estimate of drug-likeness (QED) is 0.292. The predicted octanol–water partition coefficient (Wildman–Crippen LogP) is 2.97. The zero-order valence-electron chi connectivity index (χ0n) is 18.0. The maximum atomic E-state index is 12.6. The van der Waals surface area contributed by atoms with Crippen LogP contribution >= 0.6 is 0 Å². The third-order valence-corrected chi connectivity index (χ3v) is 4.80. The van der Waals surface area contributed by atoms with E-state index in [9.17, 15) is 20.1 Å².